The highest BCUT2D eigenvalue weighted by Gasteiger charge is 2.43. The molecule has 1 heterocycles. The normalized spacial score (nSPS) is 32.9. The van der Waals surface area contributed by atoms with E-state index in [1.807, 2.05) is 0 Å². The quantitative estimate of drug-likeness (QED) is 0.793. The summed E-state index contributed by atoms with van der Waals surface area (Å²) in [5, 5.41) is 3.37. The van der Waals surface area contributed by atoms with Crippen LogP contribution in [0.2, 0.25) is 0 Å². The maximum absolute atomic E-state index is 12.1. The number of nitrogens with zero attached hydrogens (tertiary/aromatic N) is 1. The average Bonchev–Trinajstić information content (AvgIpc) is 2.49. The second kappa shape index (κ2) is 4.36. The zero-order valence-electron chi connectivity index (χ0n) is 10.8. The van der Waals surface area contributed by atoms with Gasteiger partial charge >= 0.3 is 0 Å². The van der Waals surface area contributed by atoms with E-state index in [4.69, 9.17) is 0 Å². The number of nitrogens with one attached hydrogen (secondary N) is 1. The van der Waals surface area contributed by atoms with Crippen LogP contribution in [-0.4, -0.2) is 29.6 Å². The second-order valence-corrected chi connectivity index (χ2v) is 5.48. The van der Waals surface area contributed by atoms with Crippen molar-refractivity contribution in [3.8, 4) is 0 Å². The molecule has 3 heteroatoms. The van der Waals surface area contributed by atoms with Crippen LogP contribution in [-0.2, 0) is 4.79 Å². The van der Waals surface area contributed by atoms with E-state index in [0.29, 0.717) is 11.3 Å². The van der Waals surface area contributed by atoms with Crippen molar-refractivity contribution in [3.05, 3.63) is 0 Å². The first kappa shape index (κ1) is 11.9. The fraction of sp³-hybridized carbons (Fsp3) is 0.923. The largest absolute Gasteiger partial charge is 0.326 e. The molecule has 0 bridgehead atoms. The highest BCUT2D eigenvalue weighted by molar-refractivity contribution is 5.84. The minimum atomic E-state index is 0.0592. The molecule has 3 nitrogen and oxygen atoms in total. The minimum absolute atomic E-state index is 0.0592. The van der Waals surface area contributed by atoms with Crippen molar-refractivity contribution in [2.45, 2.75) is 65.1 Å². The fourth-order valence-corrected chi connectivity index (χ4v) is 3.01. The molecule has 16 heavy (non-hydrogen) atoms. The monoisotopic (exact) mass is 224 g/mol. The Labute approximate surface area is 98.6 Å². The zero-order chi connectivity index (χ0) is 11.8. The maximum Gasteiger partial charge on any atom is 0.241 e. The van der Waals surface area contributed by atoms with E-state index < -0.39 is 0 Å². The molecule has 0 radical (unpaired) electrons. The number of carbonyl (C=O) groups excluding carboxylic acids is 1. The van der Waals surface area contributed by atoms with Crippen LogP contribution in [0.1, 0.15) is 52.9 Å². The van der Waals surface area contributed by atoms with Crippen LogP contribution in [0.25, 0.3) is 0 Å². The zero-order valence-corrected chi connectivity index (χ0v) is 10.8. The Morgan fingerprint density at radius 3 is 2.50 bits per heavy atom. The van der Waals surface area contributed by atoms with Crippen LogP contribution in [0, 0.1) is 5.41 Å². The van der Waals surface area contributed by atoms with E-state index >= 15 is 0 Å². The topological polar surface area (TPSA) is 32.3 Å². The molecule has 2 aliphatic rings. The highest BCUT2D eigenvalue weighted by atomic mass is 16.2. The maximum atomic E-state index is 12.1. The molecule has 1 aliphatic heterocycles. The molecule has 2 atom stereocenters. The molecule has 2 fully saturated rings. The van der Waals surface area contributed by atoms with Gasteiger partial charge in [-0.25, -0.2) is 0 Å². The summed E-state index contributed by atoms with van der Waals surface area (Å²) >= 11 is 0. The van der Waals surface area contributed by atoms with Crippen LogP contribution in [0.5, 0.6) is 0 Å². The van der Waals surface area contributed by atoms with Crippen LogP contribution in [0.3, 0.4) is 0 Å². The summed E-state index contributed by atoms with van der Waals surface area (Å²) in [4.78, 5) is 14.2. The average molecular weight is 224 g/mol. The van der Waals surface area contributed by atoms with Gasteiger partial charge in [-0.3, -0.25) is 10.1 Å². The van der Waals surface area contributed by atoms with Crippen LogP contribution in [0.15, 0.2) is 0 Å². The molecular weight excluding hydrogens is 200 g/mol. The van der Waals surface area contributed by atoms with Gasteiger partial charge in [-0.15, -0.1) is 0 Å². The lowest BCUT2D eigenvalue weighted by Gasteiger charge is -2.44. The van der Waals surface area contributed by atoms with Crippen LogP contribution < -0.4 is 5.32 Å². The third-order valence-electron chi connectivity index (χ3n) is 4.57. The Morgan fingerprint density at radius 1 is 1.44 bits per heavy atom. The van der Waals surface area contributed by atoms with Gasteiger partial charge in [0.1, 0.15) is 0 Å². The minimum Gasteiger partial charge on any atom is -0.326 e. The Bertz CT molecular complexity index is 268. The van der Waals surface area contributed by atoms with Crippen LogP contribution in [0.4, 0.5) is 0 Å². The number of hydrogen-bond donors (Lipinski definition) is 1. The van der Waals surface area contributed by atoms with Crippen molar-refractivity contribution in [1.82, 2.24) is 10.2 Å². The Balaban J connectivity index is 2.01. The first-order valence-corrected chi connectivity index (χ1v) is 6.68. The molecule has 2 rings (SSSR count). The number of rotatable bonds is 4. The summed E-state index contributed by atoms with van der Waals surface area (Å²) in [6, 6.07) is 0.0592. The molecule has 0 aromatic rings. The molecule has 0 spiro atoms. The molecule has 2 unspecified atom stereocenters. The first-order valence-electron chi connectivity index (χ1n) is 6.68. The Kier molecular flexibility index (Phi) is 3.24. The Hall–Kier alpha value is -0.570. The lowest BCUT2D eigenvalue weighted by atomic mass is 9.66. The van der Waals surface area contributed by atoms with Crippen LogP contribution >= 0.6 is 0 Å². The summed E-state index contributed by atoms with van der Waals surface area (Å²) in [5.74, 6) is 0.315. The van der Waals surface area contributed by atoms with E-state index in [0.717, 1.165) is 13.0 Å². The van der Waals surface area contributed by atoms with Gasteiger partial charge in [-0.2, -0.15) is 0 Å². The second-order valence-electron chi connectivity index (χ2n) is 5.48. The van der Waals surface area contributed by atoms with Gasteiger partial charge < -0.3 is 4.90 Å². The van der Waals surface area contributed by atoms with Gasteiger partial charge in [-0.1, -0.05) is 20.3 Å². The third kappa shape index (κ3) is 1.86. The Morgan fingerprint density at radius 2 is 2.12 bits per heavy atom. The molecule has 0 aromatic heterocycles. The number of carbonyl (C=O) groups is 1. The molecule has 0 aromatic carbocycles. The summed E-state index contributed by atoms with van der Waals surface area (Å²) in [6.07, 6.45) is 6.28. The van der Waals surface area contributed by atoms with Gasteiger partial charge in [-0.05, 0) is 38.0 Å². The van der Waals surface area contributed by atoms with Crippen molar-refractivity contribution in [3.63, 3.8) is 0 Å². The highest BCUT2D eigenvalue weighted by Crippen LogP contribution is 2.45. The van der Waals surface area contributed by atoms with Gasteiger partial charge in [0.05, 0.1) is 12.2 Å². The van der Waals surface area contributed by atoms with Crippen molar-refractivity contribution in [2.24, 2.45) is 5.41 Å². The fourth-order valence-electron chi connectivity index (χ4n) is 3.01. The lowest BCUT2D eigenvalue weighted by molar-refractivity contribution is -0.132. The summed E-state index contributed by atoms with van der Waals surface area (Å²) in [7, 11) is 0. The van der Waals surface area contributed by atoms with E-state index in [1.165, 1.54) is 25.7 Å². The van der Waals surface area contributed by atoms with Gasteiger partial charge in [0.2, 0.25) is 5.91 Å². The number of hydrogen-bond acceptors (Lipinski definition) is 2. The predicted molar refractivity (Wildman–Crippen MR) is 65.0 cm³/mol. The molecule has 1 saturated carbocycles. The molecule has 92 valence electrons. The first-order chi connectivity index (χ1) is 7.62. The molecule has 1 amide bonds. The standard InChI is InChI=1S/C13H24N2O/c1-4-11-12(16)15(10(3)14-11)9-13(5-2)7-6-8-13/h10-11,14H,4-9H2,1-3H3. The smallest absolute Gasteiger partial charge is 0.241 e. The van der Waals surface area contributed by atoms with Crippen molar-refractivity contribution in [2.75, 3.05) is 6.54 Å². The summed E-state index contributed by atoms with van der Waals surface area (Å²) < 4.78 is 0. The van der Waals surface area contributed by atoms with E-state index in [-0.39, 0.29) is 12.2 Å². The predicted octanol–water partition coefficient (Wildman–Crippen LogP) is 2.12. The van der Waals surface area contributed by atoms with E-state index in [2.05, 4.69) is 31.0 Å². The molecule has 1 saturated heterocycles. The SMILES string of the molecule is CCC1NC(C)N(CC2(CC)CCC2)C1=O. The van der Waals surface area contributed by atoms with Gasteiger partial charge in [0.25, 0.3) is 0 Å². The van der Waals surface area contributed by atoms with Gasteiger partial charge in [0.15, 0.2) is 0 Å². The summed E-state index contributed by atoms with van der Waals surface area (Å²) in [6.45, 7) is 7.41. The number of amides is 1. The van der Waals surface area contributed by atoms with Crippen molar-refractivity contribution in [1.29, 1.82) is 0 Å². The molecular formula is C13H24N2O. The molecule has 1 N–H and O–H groups in total. The lowest BCUT2D eigenvalue weighted by Crippen LogP contribution is -2.46. The van der Waals surface area contributed by atoms with E-state index in [1.54, 1.807) is 0 Å². The molecule has 1 aliphatic carbocycles. The van der Waals surface area contributed by atoms with Gasteiger partial charge in [0, 0.05) is 6.54 Å². The summed E-state index contributed by atoms with van der Waals surface area (Å²) in [5.41, 5.74) is 0.439. The van der Waals surface area contributed by atoms with Crippen molar-refractivity contribution < 1.29 is 4.79 Å². The third-order valence-corrected chi connectivity index (χ3v) is 4.57. The van der Waals surface area contributed by atoms with Crippen molar-refractivity contribution >= 4 is 5.91 Å². The van der Waals surface area contributed by atoms with E-state index in [9.17, 15) is 4.79 Å².